The van der Waals surface area contributed by atoms with Gasteiger partial charge in [-0.2, -0.15) is 0 Å². The van der Waals surface area contributed by atoms with Gasteiger partial charge in [0.25, 0.3) is 0 Å². The van der Waals surface area contributed by atoms with E-state index in [0.29, 0.717) is 0 Å². The van der Waals surface area contributed by atoms with Crippen LogP contribution in [-0.4, -0.2) is 20.6 Å². The highest BCUT2D eigenvalue weighted by Crippen LogP contribution is 2.23. The summed E-state index contributed by atoms with van der Waals surface area (Å²) in [6.07, 6.45) is 8.10. The minimum absolute atomic E-state index is 1.08. The Hall–Kier alpha value is -1.18. The summed E-state index contributed by atoms with van der Waals surface area (Å²) in [5.41, 5.74) is 2.51. The molecule has 0 fully saturated rings. The predicted octanol–water partition coefficient (Wildman–Crippen LogP) is 4.53. The van der Waals surface area contributed by atoms with Gasteiger partial charge in [-0.3, -0.25) is 0 Å². The second-order valence-electron chi connectivity index (χ2n) is 5.11. The fraction of sp³-hybridized carbons (Fsp3) is 0.625. The van der Waals surface area contributed by atoms with Crippen molar-refractivity contribution in [1.82, 2.24) is 0 Å². The zero-order valence-electron chi connectivity index (χ0n) is 12.2. The van der Waals surface area contributed by atoms with E-state index in [0.717, 1.165) is 6.54 Å². The van der Waals surface area contributed by atoms with Crippen LogP contribution in [0, 0.1) is 0 Å². The standard InChI is InChI=1S/C16H28N2/c1-4-5-6-7-8-11-14-17-15-12-9-10-13-16(15)18(2)3/h9-10,12-13,17H,4-8,11,14H2,1-3H3. The van der Waals surface area contributed by atoms with E-state index in [4.69, 9.17) is 0 Å². The fourth-order valence-corrected chi connectivity index (χ4v) is 2.14. The van der Waals surface area contributed by atoms with Gasteiger partial charge in [-0.05, 0) is 18.6 Å². The third-order valence-corrected chi connectivity index (χ3v) is 3.23. The Morgan fingerprint density at radius 3 is 2.33 bits per heavy atom. The molecule has 1 N–H and O–H groups in total. The molecule has 0 heterocycles. The van der Waals surface area contributed by atoms with E-state index in [9.17, 15) is 0 Å². The van der Waals surface area contributed by atoms with Gasteiger partial charge in [-0.1, -0.05) is 51.2 Å². The topological polar surface area (TPSA) is 15.3 Å². The number of unbranched alkanes of at least 4 members (excludes halogenated alkanes) is 5. The number of anilines is 2. The summed E-state index contributed by atoms with van der Waals surface area (Å²) in [5, 5.41) is 3.54. The lowest BCUT2D eigenvalue weighted by Crippen LogP contribution is -2.12. The first kappa shape index (κ1) is 14.9. The lowest BCUT2D eigenvalue weighted by Gasteiger charge is -2.18. The van der Waals surface area contributed by atoms with Crippen molar-refractivity contribution >= 4 is 11.4 Å². The molecule has 0 aliphatic carbocycles. The molecule has 0 aliphatic rings. The highest BCUT2D eigenvalue weighted by molar-refractivity contribution is 5.69. The molecule has 0 saturated heterocycles. The zero-order valence-corrected chi connectivity index (χ0v) is 12.2. The molecule has 2 heteroatoms. The number of hydrogen-bond acceptors (Lipinski definition) is 2. The molecule has 0 spiro atoms. The maximum absolute atomic E-state index is 3.54. The van der Waals surface area contributed by atoms with Crippen LogP contribution in [0.25, 0.3) is 0 Å². The minimum atomic E-state index is 1.08. The number of para-hydroxylation sites is 2. The SMILES string of the molecule is CCCCCCCCNc1ccccc1N(C)C. The molecule has 18 heavy (non-hydrogen) atoms. The van der Waals surface area contributed by atoms with Crippen LogP contribution < -0.4 is 10.2 Å². The van der Waals surface area contributed by atoms with Crippen molar-refractivity contribution in [2.24, 2.45) is 0 Å². The van der Waals surface area contributed by atoms with E-state index in [1.807, 2.05) is 0 Å². The summed E-state index contributed by atoms with van der Waals surface area (Å²) >= 11 is 0. The van der Waals surface area contributed by atoms with Gasteiger partial charge in [0.2, 0.25) is 0 Å². The van der Waals surface area contributed by atoms with E-state index in [2.05, 4.69) is 55.5 Å². The Bertz CT molecular complexity index is 321. The van der Waals surface area contributed by atoms with Crippen LogP contribution in [0.3, 0.4) is 0 Å². The smallest absolute Gasteiger partial charge is 0.0596 e. The van der Waals surface area contributed by atoms with Crippen LogP contribution in [0.15, 0.2) is 24.3 Å². The number of hydrogen-bond donors (Lipinski definition) is 1. The fourth-order valence-electron chi connectivity index (χ4n) is 2.14. The van der Waals surface area contributed by atoms with Gasteiger partial charge in [-0.25, -0.2) is 0 Å². The first-order chi connectivity index (χ1) is 8.75. The van der Waals surface area contributed by atoms with Gasteiger partial charge in [-0.15, -0.1) is 0 Å². The number of nitrogens with zero attached hydrogens (tertiary/aromatic N) is 1. The van der Waals surface area contributed by atoms with E-state index < -0.39 is 0 Å². The molecule has 102 valence electrons. The molecule has 0 atom stereocenters. The van der Waals surface area contributed by atoms with Crippen molar-refractivity contribution in [1.29, 1.82) is 0 Å². The average molecular weight is 248 g/mol. The van der Waals surface area contributed by atoms with Gasteiger partial charge >= 0.3 is 0 Å². The maximum Gasteiger partial charge on any atom is 0.0596 e. The van der Waals surface area contributed by atoms with Crippen molar-refractivity contribution < 1.29 is 0 Å². The lowest BCUT2D eigenvalue weighted by atomic mass is 10.1. The molecule has 1 aromatic rings. The molecule has 0 amide bonds. The molecule has 0 bridgehead atoms. The quantitative estimate of drug-likeness (QED) is 0.646. The van der Waals surface area contributed by atoms with Crippen molar-refractivity contribution in [2.45, 2.75) is 45.4 Å². The maximum atomic E-state index is 3.54. The highest BCUT2D eigenvalue weighted by Gasteiger charge is 2.01. The van der Waals surface area contributed by atoms with E-state index >= 15 is 0 Å². The first-order valence-electron chi connectivity index (χ1n) is 7.26. The van der Waals surface area contributed by atoms with Crippen molar-refractivity contribution in [3.63, 3.8) is 0 Å². The first-order valence-corrected chi connectivity index (χ1v) is 7.26. The largest absolute Gasteiger partial charge is 0.383 e. The van der Waals surface area contributed by atoms with Crippen LogP contribution >= 0.6 is 0 Å². The van der Waals surface area contributed by atoms with Crippen LogP contribution in [0.4, 0.5) is 11.4 Å². The molecule has 1 aromatic carbocycles. The summed E-state index contributed by atoms with van der Waals surface area (Å²) < 4.78 is 0. The van der Waals surface area contributed by atoms with Crippen LogP contribution in [-0.2, 0) is 0 Å². The number of nitrogens with one attached hydrogen (secondary N) is 1. The van der Waals surface area contributed by atoms with E-state index in [-0.39, 0.29) is 0 Å². The van der Waals surface area contributed by atoms with Crippen LogP contribution in [0.5, 0.6) is 0 Å². The zero-order chi connectivity index (χ0) is 13.2. The van der Waals surface area contributed by atoms with E-state index in [1.54, 1.807) is 0 Å². The van der Waals surface area contributed by atoms with Crippen LogP contribution in [0.2, 0.25) is 0 Å². The molecule has 0 aromatic heterocycles. The second kappa shape index (κ2) is 8.84. The highest BCUT2D eigenvalue weighted by atomic mass is 15.1. The minimum Gasteiger partial charge on any atom is -0.383 e. The van der Waals surface area contributed by atoms with Gasteiger partial charge in [0.1, 0.15) is 0 Å². The molecular weight excluding hydrogens is 220 g/mol. The predicted molar refractivity (Wildman–Crippen MR) is 82.6 cm³/mol. The third-order valence-electron chi connectivity index (χ3n) is 3.23. The number of rotatable bonds is 9. The molecule has 2 nitrogen and oxygen atoms in total. The van der Waals surface area contributed by atoms with Gasteiger partial charge in [0.05, 0.1) is 11.4 Å². The summed E-state index contributed by atoms with van der Waals surface area (Å²) in [7, 11) is 4.18. The Kier molecular flexibility index (Phi) is 7.31. The van der Waals surface area contributed by atoms with E-state index in [1.165, 1.54) is 49.9 Å². The average Bonchev–Trinajstić information content (AvgIpc) is 2.38. The Balaban J connectivity index is 2.23. The molecule has 0 unspecified atom stereocenters. The summed E-state index contributed by atoms with van der Waals surface area (Å²) in [4.78, 5) is 2.16. The molecule has 0 aliphatic heterocycles. The van der Waals surface area contributed by atoms with Gasteiger partial charge in [0.15, 0.2) is 0 Å². The Labute approximate surface area is 112 Å². The molecule has 1 rings (SSSR count). The molecule has 0 radical (unpaired) electrons. The third kappa shape index (κ3) is 5.44. The lowest BCUT2D eigenvalue weighted by molar-refractivity contribution is 0.617. The number of benzene rings is 1. The molecule has 0 saturated carbocycles. The monoisotopic (exact) mass is 248 g/mol. The van der Waals surface area contributed by atoms with Gasteiger partial charge in [0, 0.05) is 20.6 Å². The van der Waals surface area contributed by atoms with Crippen LogP contribution in [0.1, 0.15) is 45.4 Å². The molecular formula is C16H28N2. The normalized spacial score (nSPS) is 10.4. The second-order valence-corrected chi connectivity index (χ2v) is 5.11. The summed E-state index contributed by atoms with van der Waals surface area (Å²) in [6, 6.07) is 8.50. The summed E-state index contributed by atoms with van der Waals surface area (Å²) in [5.74, 6) is 0. The van der Waals surface area contributed by atoms with Crippen molar-refractivity contribution in [2.75, 3.05) is 30.9 Å². The Morgan fingerprint density at radius 2 is 1.61 bits per heavy atom. The van der Waals surface area contributed by atoms with Crippen molar-refractivity contribution in [3.05, 3.63) is 24.3 Å². The van der Waals surface area contributed by atoms with Gasteiger partial charge < -0.3 is 10.2 Å². The summed E-state index contributed by atoms with van der Waals surface area (Å²) in [6.45, 7) is 3.34. The van der Waals surface area contributed by atoms with Crippen molar-refractivity contribution in [3.8, 4) is 0 Å². The Morgan fingerprint density at radius 1 is 0.944 bits per heavy atom.